The maximum atomic E-state index is 12.8. The fraction of sp³-hybridized carbons (Fsp3) is 0.400. The van der Waals surface area contributed by atoms with Gasteiger partial charge < -0.3 is 5.21 Å². The second-order valence-electron chi connectivity index (χ2n) is 7.57. The minimum Gasteiger partial charge on any atom is -0.313 e. The van der Waals surface area contributed by atoms with E-state index in [1.807, 2.05) is 58.0 Å². The normalized spacial score (nSPS) is 13.8. The Hall–Kier alpha value is -1.73. The summed E-state index contributed by atoms with van der Waals surface area (Å²) in [6, 6.07) is 15.9. The van der Waals surface area contributed by atoms with E-state index in [1.165, 1.54) is 5.06 Å². The molecule has 1 atom stereocenters. The average Bonchev–Trinajstić information content (AvgIpc) is 2.55. The van der Waals surface area contributed by atoms with Crippen molar-refractivity contribution >= 4 is 10.0 Å². The summed E-state index contributed by atoms with van der Waals surface area (Å²) in [7, 11) is -3.68. The molecule has 5 nitrogen and oxygen atoms in total. The molecule has 26 heavy (non-hydrogen) atoms. The summed E-state index contributed by atoms with van der Waals surface area (Å²) in [5.74, 6) is 0. The van der Waals surface area contributed by atoms with Crippen molar-refractivity contribution in [2.75, 3.05) is 6.54 Å². The van der Waals surface area contributed by atoms with E-state index in [9.17, 15) is 13.6 Å². The highest BCUT2D eigenvalue weighted by Gasteiger charge is 2.26. The number of sulfonamides is 1. The van der Waals surface area contributed by atoms with Crippen LogP contribution in [0.15, 0.2) is 59.5 Å². The summed E-state index contributed by atoms with van der Waals surface area (Å²) < 4.78 is 28.3. The van der Waals surface area contributed by atoms with E-state index in [-0.39, 0.29) is 11.4 Å². The van der Waals surface area contributed by atoms with Gasteiger partial charge in [-0.15, -0.1) is 0 Å². The van der Waals surface area contributed by atoms with Gasteiger partial charge in [0.05, 0.1) is 4.90 Å². The highest BCUT2D eigenvalue weighted by atomic mass is 32.2. The topological polar surface area (TPSA) is 69.6 Å². The van der Waals surface area contributed by atoms with Crippen LogP contribution in [0.2, 0.25) is 0 Å². The van der Waals surface area contributed by atoms with Crippen LogP contribution in [0.25, 0.3) is 0 Å². The predicted molar refractivity (Wildman–Crippen MR) is 104 cm³/mol. The average molecular weight is 377 g/mol. The van der Waals surface area contributed by atoms with Crippen molar-refractivity contribution < 1.29 is 13.6 Å². The lowest BCUT2D eigenvalue weighted by molar-refractivity contribution is -0.159. The van der Waals surface area contributed by atoms with Gasteiger partial charge in [0.1, 0.15) is 0 Å². The number of nitrogens with one attached hydrogen (secondary N) is 1. The van der Waals surface area contributed by atoms with Gasteiger partial charge in [-0.05, 0) is 51.8 Å². The van der Waals surface area contributed by atoms with E-state index in [2.05, 4.69) is 4.72 Å². The smallest absolute Gasteiger partial charge is 0.240 e. The highest BCUT2D eigenvalue weighted by Crippen LogP contribution is 2.16. The minimum atomic E-state index is -3.68. The van der Waals surface area contributed by atoms with E-state index in [4.69, 9.17) is 0 Å². The Morgan fingerprint density at radius 3 is 2.15 bits per heavy atom. The number of rotatable bonds is 7. The summed E-state index contributed by atoms with van der Waals surface area (Å²) >= 11 is 0. The maximum absolute atomic E-state index is 12.8. The summed E-state index contributed by atoms with van der Waals surface area (Å²) in [6.45, 7) is 7.72. The van der Waals surface area contributed by atoms with Crippen LogP contribution in [-0.2, 0) is 16.4 Å². The second-order valence-corrected chi connectivity index (χ2v) is 9.29. The van der Waals surface area contributed by atoms with Crippen molar-refractivity contribution in [3.05, 3.63) is 65.7 Å². The first-order valence-corrected chi connectivity index (χ1v) is 10.2. The van der Waals surface area contributed by atoms with Crippen molar-refractivity contribution in [2.24, 2.45) is 0 Å². The van der Waals surface area contributed by atoms with Crippen molar-refractivity contribution in [2.45, 2.75) is 50.6 Å². The van der Waals surface area contributed by atoms with Gasteiger partial charge in [-0.3, -0.25) is 0 Å². The van der Waals surface area contributed by atoms with E-state index in [0.717, 1.165) is 11.1 Å². The highest BCUT2D eigenvalue weighted by molar-refractivity contribution is 7.89. The van der Waals surface area contributed by atoms with Crippen LogP contribution in [0.3, 0.4) is 0 Å². The van der Waals surface area contributed by atoms with E-state index in [1.54, 1.807) is 24.3 Å². The van der Waals surface area contributed by atoms with Crippen LogP contribution in [0.5, 0.6) is 0 Å². The second kappa shape index (κ2) is 8.31. The summed E-state index contributed by atoms with van der Waals surface area (Å²) in [5.41, 5.74) is 1.52. The Labute approximate surface area is 156 Å². The van der Waals surface area contributed by atoms with Gasteiger partial charge in [-0.1, -0.05) is 48.0 Å². The molecule has 0 aliphatic carbocycles. The fourth-order valence-corrected chi connectivity index (χ4v) is 3.76. The first kappa shape index (κ1) is 20.6. The molecule has 0 saturated carbocycles. The van der Waals surface area contributed by atoms with Gasteiger partial charge in [-0.25, -0.2) is 13.1 Å². The molecule has 0 spiro atoms. The lowest BCUT2D eigenvalue weighted by Gasteiger charge is -2.33. The zero-order valence-electron chi connectivity index (χ0n) is 15.8. The molecule has 0 fully saturated rings. The molecule has 0 radical (unpaired) electrons. The van der Waals surface area contributed by atoms with Gasteiger partial charge in [0.15, 0.2) is 0 Å². The molecule has 0 amide bonds. The molecule has 0 heterocycles. The van der Waals surface area contributed by atoms with Crippen molar-refractivity contribution in [3.8, 4) is 0 Å². The fourth-order valence-electron chi connectivity index (χ4n) is 2.53. The van der Waals surface area contributed by atoms with Crippen LogP contribution in [0.1, 0.15) is 31.9 Å². The molecule has 2 N–H and O–H groups in total. The molecule has 0 aliphatic rings. The van der Waals surface area contributed by atoms with Gasteiger partial charge >= 0.3 is 0 Å². The van der Waals surface area contributed by atoms with Gasteiger partial charge in [0.2, 0.25) is 10.0 Å². The molecular weight excluding hydrogens is 348 g/mol. The van der Waals surface area contributed by atoms with Crippen LogP contribution in [0.4, 0.5) is 0 Å². The Balaban J connectivity index is 2.23. The maximum Gasteiger partial charge on any atom is 0.240 e. The van der Waals surface area contributed by atoms with Crippen LogP contribution in [0, 0.1) is 6.92 Å². The van der Waals surface area contributed by atoms with E-state index >= 15 is 0 Å². The van der Waals surface area contributed by atoms with Gasteiger partial charge in [0, 0.05) is 18.1 Å². The lowest BCUT2D eigenvalue weighted by atomic mass is 10.0. The Bertz CT molecular complexity index is 797. The number of hydrogen-bond donors (Lipinski definition) is 2. The third kappa shape index (κ3) is 5.92. The molecule has 2 aromatic rings. The molecule has 2 rings (SSSR count). The van der Waals surface area contributed by atoms with Gasteiger partial charge in [-0.2, -0.15) is 5.06 Å². The predicted octanol–water partition coefficient (Wildman–Crippen LogP) is 3.37. The standard InChI is InChI=1S/C20H28N2O3S/c1-16-10-12-19(13-11-16)26(24,25)21-18(15-22(23)20(2,3)4)14-17-8-6-5-7-9-17/h5-13,18,21,23H,14-15H2,1-4H3. The molecule has 142 valence electrons. The monoisotopic (exact) mass is 376 g/mol. The molecule has 6 heteroatoms. The SMILES string of the molecule is Cc1ccc(S(=O)(=O)NC(Cc2ccccc2)CN(O)C(C)(C)C)cc1. The summed E-state index contributed by atoms with van der Waals surface area (Å²) in [5, 5.41) is 11.5. The number of benzene rings is 2. The molecular formula is C20H28N2O3S. The third-order valence-corrected chi connectivity index (χ3v) is 5.68. The number of hydroxylamine groups is 2. The lowest BCUT2D eigenvalue weighted by Crippen LogP contribution is -2.49. The molecule has 2 aromatic carbocycles. The summed E-state index contributed by atoms with van der Waals surface area (Å²) in [6.07, 6.45) is 0.485. The van der Waals surface area contributed by atoms with Crippen molar-refractivity contribution in [3.63, 3.8) is 0 Å². The zero-order valence-corrected chi connectivity index (χ0v) is 16.6. The number of aryl methyl sites for hydroxylation is 1. The zero-order chi connectivity index (χ0) is 19.4. The Morgan fingerprint density at radius 2 is 1.62 bits per heavy atom. The molecule has 0 aromatic heterocycles. The number of hydrogen-bond acceptors (Lipinski definition) is 4. The van der Waals surface area contributed by atoms with Crippen LogP contribution in [-0.4, -0.2) is 36.8 Å². The first-order valence-electron chi connectivity index (χ1n) is 8.67. The third-order valence-electron chi connectivity index (χ3n) is 4.15. The quantitative estimate of drug-likeness (QED) is 0.727. The summed E-state index contributed by atoms with van der Waals surface area (Å²) in [4.78, 5) is 0.224. The molecule has 1 unspecified atom stereocenters. The molecule has 0 saturated heterocycles. The Kier molecular flexibility index (Phi) is 6.58. The number of nitrogens with zero attached hydrogens (tertiary/aromatic N) is 1. The Morgan fingerprint density at radius 1 is 1.04 bits per heavy atom. The van der Waals surface area contributed by atoms with Gasteiger partial charge in [0.25, 0.3) is 0 Å². The van der Waals surface area contributed by atoms with Crippen LogP contribution < -0.4 is 4.72 Å². The molecule has 0 aliphatic heterocycles. The largest absolute Gasteiger partial charge is 0.313 e. The van der Waals surface area contributed by atoms with Crippen molar-refractivity contribution in [1.82, 2.24) is 9.79 Å². The minimum absolute atomic E-state index is 0.184. The van der Waals surface area contributed by atoms with Crippen LogP contribution >= 0.6 is 0 Å². The van der Waals surface area contributed by atoms with E-state index in [0.29, 0.717) is 6.42 Å². The molecule has 0 bridgehead atoms. The first-order chi connectivity index (χ1) is 12.1. The van der Waals surface area contributed by atoms with E-state index < -0.39 is 21.6 Å². The van der Waals surface area contributed by atoms with Crippen molar-refractivity contribution in [1.29, 1.82) is 0 Å².